The van der Waals surface area contributed by atoms with Crippen molar-refractivity contribution in [1.29, 1.82) is 0 Å². The van der Waals surface area contributed by atoms with Crippen molar-refractivity contribution in [2.45, 2.75) is 38.1 Å². The molecule has 3 rings (SSSR count). The van der Waals surface area contributed by atoms with E-state index >= 15 is 0 Å². The first-order valence-corrected chi connectivity index (χ1v) is 7.45. The lowest BCUT2D eigenvalue weighted by atomic mass is 9.76. The SMILES string of the molecule is CC1CCCC(N)(c2noc(-c3cccc(Cl)c3F)n2)C1. The molecule has 0 aliphatic heterocycles. The van der Waals surface area contributed by atoms with Gasteiger partial charge >= 0.3 is 0 Å². The molecule has 112 valence electrons. The number of halogens is 2. The van der Waals surface area contributed by atoms with Crippen molar-refractivity contribution in [2.24, 2.45) is 11.7 Å². The van der Waals surface area contributed by atoms with Gasteiger partial charge in [0.2, 0.25) is 0 Å². The van der Waals surface area contributed by atoms with Gasteiger partial charge in [-0.3, -0.25) is 0 Å². The van der Waals surface area contributed by atoms with E-state index in [0.717, 1.165) is 25.7 Å². The summed E-state index contributed by atoms with van der Waals surface area (Å²) < 4.78 is 19.2. The highest BCUT2D eigenvalue weighted by atomic mass is 35.5. The van der Waals surface area contributed by atoms with Gasteiger partial charge in [-0.25, -0.2) is 4.39 Å². The van der Waals surface area contributed by atoms with Gasteiger partial charge in [-0.1, -0.05) is 42.6 Å². The maximum absolute atomic E-state index is 14.0. The molecule has 2 aromatic rings. The van der Waals surface area contributed by atoms with Gasteiger partial charge in [-0.15, -0.1) is 0 Å². The van der Waals surface area contributed by atoms with Gasteiger partial charge in [0.15, 0.2) is 11.6 Å². The Morgan fingerprint density at radius 1 is 1.48 bits per heavy atom. The van der Waals surface area contributed by atoms with E-state index < -0.39 is 11.4 Å². The van der Waals surface area contributed by atoms with E-state index in [1.165, 1.54) is 6.07 Å². The number of hydrogen-bond donors (Lipinski definition) is 1. The summed E-state index contributed by atoms with van der Waals surface area (Å²) in [4.78, 5) is 4.31. The molecule has 6 heteroatoms. The van der Waals surface area contributed by atoms with Crippen LogP contribution in [0, 0.1) is 11.7 Å². The first kappa shape index (κ1) is 14.5. The molecule has 1 aromatic heterocycles. The van der Waals surface area contributed by atoms with Crippen LogP contribution >= 0.6 is 11.6 Å². The fraction of sp³-hybridized carbons (Fsp3) is 0.467. The first-order chi connectivity index (χ1) is 9.99. The zero-order chi connectivity index (χ0) is 15.0. The Bertz CT molecular complexity index is 660. The van der Waals surface area contributed by atoms with E-state index in [1.54, 1.807) is 12.1 Å². The average molecular weight is 310 g/mol. The fourth-order valence-electron chi connectivity index (χ4n) is 3.00. The lowest BCUT2D eigenvalue weighted by Crippen LogP contribution is -2.42. The molecule has 0 bridgehead atoms. The maximum Gasteiger partial charge on any atom is 0.261 e. The van der Waals surface area contributed by atoms with Crippen LogP contribution in [0.3, 0.4) is 0 Å². The summed E-state index contributed by atoms with van der Waals surface area (Å²) in [6.07, 6.45) is 3.82. The molecule has 21 heavy (non-hydrogen) atoms. The Morgan fingerprint density at radius 2 is 2.29 bits per heavy atom. The predicted octanol–water partition coefficient (Wildman–Crippen LogP) is 3.89. The summed E-state index contributed by atoms with van der Waals surface area (Å²) >= 11 is 5.78. The monoisotopic (exact) mass is 309 g/mol. The van der Waals surface area contributed by atoms with Gasteiger partial charge < -0.3 is 10.3 Å². The number of nitrogens with two attached hydrogens (primary N) is 1. The van der Waals surface area contributed by atoms with Gasteiger partial charge in [0.05, 0.1) is 16.1 Å². The Hall–Kier alpha value is -1.46. The molecule has 2 N–H and O–H groups in total. The zero-order valence-corrected chi connectivity index (χ0v) is 12.5. The largest absolute Gasteiger partial charge is 0.334 e. The highest BCUT2D eigenvalue weighted by Crippen LogP contribution is 2.37. The third-order valence-electron chi connectivity index (χ3n) is 4.09. The second-order valence-corrected chi connectivity index (χ2v) is 6.29. The predicted molar refractivity (Wildman–Crippen MR) is 78.2 cm³/mol. The van der Waals surface area contributed by atoms with Crippen molar-refractivity contribution in [3.8, 4) is 11.5 Å². The molecule has 4 nitrogen and oxygen atoms in total. The quantitative estimate of drug-likeness (QED) is 0.914. The Balaban J connectivity index is 1.95. The van der Waals surface area contributed by atoms with Crippen LogP contribution < -0.4 is 5.73 Å². The topological polar surface area (TPSA) is 64.9 Å². The van der Waals surface area contributed by atoms with E-state index in [9.17, 15) is 4.39 Å². The highest BCUT2D eigenvalue weighted by Gasteiger charge is 2.37. The van der Waals surface area contributed by atoms with Gasteiger partial charge in [0.1, 0.15) is 0 Å². The standard InChI is InChI=1S/C15H17ClFN3O/c1-9-4-3-7-15(18,8-9)14-19-13(21-20-14)10-5-2-6-11(16)12(10)17/h2,5-6,9H,3-4,7-8,18H2,1H3. The van der Waals surface area contributed by atoms with Gasteiger partial charge in [0, 0.05) is 0 Å². The van der Waals surface area contributed by atoms with Crippen molar-refractivity contribution < 1.29 is 8.91 Å². The highest BCUT2D eigenvalue weighted by molar-refractivity contribution is 6.31. The molecular formula is C15H17ClFN3O. The summed E-state index contributed by atoms with van der Waals surface area (Å²) in [6.45, 7) is 2.17. The van der Waals surface area contributed by atoms with Crippen LogP contribution in [0.4, 0.5) is 4.39 Å². The van der Waals surface area contributed by atoms with E-state index in [4.69, 9.17) is 21.9 Å². The number of nitrogens with zero attached hydrogens (tertiary/aromatic N) is 2. The van der Waals surface area contributed by atoms with Crippen LogP contribution in [0.15, 0.2) is 22.7 Å². The maximum atomic E-state index is 14.0. The number of rotatable bonds is 2. The third kappa shape index (κ3) is 2.68. The van der Waals surface area contributed by atoms with Crippen molar-refractivity contribution in [1.82, 2.24) is 10.1 Å². The van der Waals surface area contributed by atoms with Crippen LogP contribution in [0.2, 0.25) is 5.02 Å². The normalized spacial score (nSPS) is 26.0. The minimum absolute atomic E-state index is 0.0287. The summed E-state index contributed by atoms with van der Waals surface area (Å²) in [7, 11) is 0. The van der Waals surface area contributed by atoms with E-state index in [2.05, 4.69) is 17.1 Å². The van der Waals surface area contributed by atoms with Crippen LogP contribution in [0.1, 0.15) is 38.4 Å². The molecule has 1 aliphatic rings. The minimum atomic E-state index is -0.589. The summed E-state index contributed by atoms with van der Waals surface area (Å²) in [5.74, 6) is 0.530. The van der Waals surface area contributed by atoms with Crippen LogP contribution in [-0.2, 0) is 5.54 Å². The van der Waals surface area contributed by atoms with Gasteiger partial charge in [0.25, 0.3) is 5.89 Å². The van der Waals surface area contributed by atoms with Crippen molar-refractivity contribution in [3.63, 3.8) is 0 Å². The van der Waals surface area contributed by atoms with Crippen LogP contribution in [0.25, 0.3) is 11.5 Å². The van der Waals surface area contributed by atoms with E-state index in [1.807, 2.05) is 0 Å². The van der Waals surface area contributed by atoms with E-state index in [-0.39, 0.29) is 16.5 Å². The molecule has 0 spiro atoms. The van der Waals surface area contributed by atoms with Gasteiger partial charge in [-0.2, -0.15) is 4.98 Å². The molecule has 1 aliphatic carbocycles. The molecular weight excluding hydrogens is 293 g/mol. The zero-order valence-electron chi connectivity index (χ0n) is 11.8. The fourth-order valence-corrected chi connectivity index (χ4v) is 3.17. The second kappa shape index (κ2) is 5.39. The molecule has 0 saturated heterocycles. The average Bonchev–Trinajstić information content (AvgIpc) is 2.92. The molecule has 1 saturated carbocycles. The summed E-state index contributed by atoms with van der Waals surface area (Å²) in [5, 5.41) is 4.00. The molecule has 1 heterocycles. The lowest BCUT2D eigenvalue weighted by Gasteiger charge is -2.33. The minimum Gasteiger partial charge on any atom is -0.334 e. The lowest BCUT2D eigenvalue weighted by molar-refractivity contribution is 0.222. The second-order valence-electron chi connectivity index (χ2n) is 5.88. The van der Waals surface area contributed by atoms with Gasteiger partial charge in [-0.05, 0) is 30.9 Å². The third-order valence-corrected chi connectivity index (χ3v) is 4.38. The van der Waals surface area contributed by atoms with Crippen LogP contribution in [0.5, 0.6) is 0 Å². The smallest absolute Gasteiger partial charge is 0.261 e. The summed E-state index contributed by atoms with van der Waals surface area (Å²) in [6, 6.07) is 4.68. The molecule has 2 unspecified atom stereocenters. The molecule has 2 atom stereocenters. The van der Waals surface area contributed by atoms with Crippen molar-refractivity contribution >= 4 is 11.6 Å². The van der Waals surface area contributed by atoms with E-state index in [0.29, 0.717) is 11.7 Å². The summed E-state index contributed by atoms with van der Waals surface area (Å²) in [5.41, 5.74) is 6.04. The van der Waals surface area contributed by atoms with Crippen LogP contribution in [-0.4, -0.2) is 10.1 Å². The number of benzene rings is 1. The molecule has 0 amide bonds. The number of hydrogen-bond acceptors (Lipinski definition) is 4. The Morgan fingerprint density at radius 3 is 3.05 bits per heavy atom. The molecule has 0 radical (unpaired) electrons. The Kier molecular flexibility index (Phi) is 3.71. The Labute approximate surface area is 127 Å². The number of aromatic nitrogens is 2. The first-order valence-electron chi connectivity index (χ1n) is 7.07. The molecule has 1 aromatic carbocycles. The molecule has 1 fully saturated rings. The van der Waals surface area contributed by atoms with Crippen molar-refractivity contribution in [3.05, 3.63) is 34.9 Å². The van der Waals surface area contributed by atoms with Crippen molar-refractivity contribution in [2.75, 3.05) is 0 Å².